The molecule has 0 saturated heterocycles. The minimum atomic E-state index is -4.46. The number of alkyl halides is 3. The van der Waals surface area contributed by atoms with E-state index in [4.69, 9.17) is 0 Å². The number of halogens is 4. The van der Waals surface area contributed by atoms with Crippen LogP contribution in [0.15, 0.2) is 27.6 Å². The molecule has 0 radical (unpaired) electrons. The van der Waals surface area contributed by atoms with Crippen LogP contribution in [-0.2, 0) is 0 Å². The largest absolute Gasteiger partial charge is 0.446 e. The van der Waals surface area contributed by atoms with E-state index >= 15 is 0 Å². The van der Waals surface area contributed by atoms with Gasteiger partial charge in [0.05, 0.1) is 4.92 Å². The summed E-state index contributed by atoms with van der Waals surface area (Å²) in [7, 11) is 0. The van der Waals surface area contributed by atoms with E-state index in [0.717, 1.165) is 12.1 Å². The van der Waals surface area contributed by atoms with E-state index in [9.17, 15) is 23.3 Å². The molecule has 0 atom stereocenters. The highest BCUT2D eigenvalue weighted by Crippen LogP contribution is 2.41. The zero-order valence-electron chi connectivity index (χ0n) is 6.92. The summed E-state index contributed by atoms with van der Waals surface area (Å²) in [5.41, 5.74) is -4.83. The Morgan fingerprint density at radius 2 is 2.00 bits per heavy atom. The van der Waals surface area contributed by atoms with Crippen molar-refractivity contribution >= 4 is 33.4 Å². The number of nitro benzene ring substituents is 1. The molecule has 0 unspecified atom stereocenters. The van der Waals surface area contributed by atoms with Gasteiger partial charge < -0.3 is 0 Å². The lowest BCUT2D eigenvalue weighted by Crippen LogP contribution is -2.00. The van der Waals surface area contributed by atoms with E-state index in [1.165, 1.54) is 6.07 Å². The van der Waals surface area contributed by atoms with Gasteiger partial charge in [-0.1, -0.05) is 0 Å². The number of non-ortho nitro benzene ring substituents is 1. The molecule has 0 aliphatic heterocycles. The summed E-state index contributed by atoms with van der Waals surface area (Å²) >= 11 is 2.50. The molecule has 0 spiro atoms. The molecule has 0 heterocycles. The molecule has 0 amide bonds. The van der Waals surface area contributed by atoms with E-state index in [-0.39, 0.29) is 15.1 Å². The molecule has 0 aliphatic rings. The molecule has 15 heavy (non-hydrogen) atoms. The van der Waals surface area contributed by atoms with Crippen LogP contribution in [0.1, 0.15) is 0 Å². The van der Waals surface area contributed by atoms with Crippen LogP contribution in [0.5, 0.6) is 0 Å². The molecular weight excluding hydrogens is 299 g/mol. The molecule has 0 fully saturated rings. The average molecular weight is 302 g/mol. The standard InChI is InChI=1S/C7H3BrF3NO2S/c8-5-2-1-4(12(13)14)3-6(5)15-7(9,10)11/h1-3H. The van der Waals surface area contributed by atoms with Crippen molar-refractivity contribution in [3.8, 4) is 0 Å². The van der Waals surface area contributed by atoms with Gasteiger partial charge in [-0.25, -0.2) is 0 Å². The van der Waals surface area contributed by atoms with Crippen molar-refractivity contribution in [3.63, 3.8) is 0 Å². The SMILES string of the molecule is O=[N+]([O-])c1ccc(Br)c(SC(F)(F)F)c1. The van der Waals surface area contributed by atoms with Crippen molar-refractivity contribution in [2.45, 2.75) is 10.4 Å². The normalized spacial score (nSPS) is 11.5. The topological polar surface area (TPSA) is 43.1 Å². The Kier molecular flexibility index (Phi) is 3.61. The van der Waals surface area contributed by atoms with E-state index in [2.05, 4.69) is 15.9 Å². The van der Waals surface area contributed by atoms with Gasteiger partial charge in [-0.15, -0.1) is 0 Å². The summed E-state index contributed by atoms with van der Waals surface area (Å²) in [5, 5.41) is 10.3. The Hall–Kier alpha value is -0.760. The molecule has 1 aromatic carbocycles. The summed E-state index contributed by atoms with van der Waals surface area (Å²) in [6.07, 6.45) is 0. The maximum absolute atomic E-state index is 12.0. The number of thioether (sulfide) groups is 1. The van der Waals surface area contributed by atoms with Crippen molar-refractivity contribution in [3.05, 3.63) is 32.8 Å². The summed E-state index contributed by atoms with van der Waals surface area (Å²) in [4.78, 5) is 9.36. The van der Waals surface area contributed by atoms with Crippen molar-refractivity contribution < 1.29 is 18.1 Å². The van der Waals surface area contributed by atoms with Crippen LogP contribution in [0.25, 0.3) is 0 Å². The zero-order valence-corrected chi connectivity index (χ0v) is 9.32. The second kappa shape index (κ2) is 4.40. The molecule has 1 rings (SSSR count). The highest BCUT2D eigenvalue weighted by Gasteiger charge is 2.30. The maximum Gasteiger partial charge on any atom is 0.446 e. The predicted molar refractivity (Wildman–Crippen MR) is 52.7 cm³/mol. The van der Waals surface area contributed by atoms with Gasteiger partial charge in [-0.3, -0.25) is 10.1 Å². The second-order valence-corrected chi connectivity index (χ2v) is 4.38. The van der Waals surface area contributed by atoms with Gasteiger partial charge in [0.25, 0.3) is 5.69 Å². The Bertz CT molecular complexity index is 396. The van der Waals surface area contributed by atoms with Crippen molar-refractivity contribution in [1.82, 2.24) is 0 Å². The second-order valence-electron chi connectivity index (χ2n) is 2.42. The first-order valence-corrected chi connectivity index (χ1v) is 5.10. The molecule has 8 heteroatoms. The van der Waals surface area contributed by atoms with Gasteiger partial charge in [-0.05, 0) is 33.8 Å². The Labute approximate surface area is 94.9 Å². The summed E-state index contributed by atoms with van der Waals surface area (Å²) in [6, 6.07) is 3.22. The molecule has 0 N–H and O–H groups in total. The lowest BCUT2D eigenvalue weighted by atomic mass is 10.3. The van der Waals surface area contributed by atoms with Crippen LogP contribution in [0.3, 0.4) is 0 Å². The van der Waals surface area contributed by atoms with Gasteiger partial charge in [0, 0.05) is 21.5 Å². The molecular formula is C7H3BrF3NO2S. The lowest BCUT2D eigenvalue weighted by molar-refractivity contribution is -0.385. The van der Waals surface area contributed by atoms with Crippen LogP contribution >= 0.6 is 27.7 Å². The minimum Gasteiger partial charge on any atom is -0.258 e. The van der Waals surface area contributed by atoms with Gasteiger partial charge in [0.15, 0.2) is 0 Å². The average Bonchev–Trinajstić information content (AvgIpc) is 2.06. The van der Waals surface area contributed by atoms with Crippen LogP contribution < -0.4 is 0 Å². The third-order valence-corrected chi connectivity index (χ3v) is 3.09. The van der Waals surface area contributed by atoms with Crippen molar-refractivity contribution in [2.75, 3.05) is 0 Å². The first kappa shape index (κ1) is 12.3. The first-order chi connectivity index (χ1) is 6.79. The Morgan fingerprint density at radius 1 is 1.40 bits per heavy atom. The Morgan fingerprint density at radius 3 is 2.47 bits per heavy atom. The van der Waals surface area contributed by atoms with E-state index in [0.29, 0.717) is 0 Å². The monoisotopic (exact) mass is 301 g/mol. The quantitative estimate of drug-likeness (QED) is 0.471. The summed E-state index contributed by atoms with van der Waals surface area (Å²) in [5.74, 6) is 0. The third-order valence-electron chi connectivity index (χ3n) is 1.35. The molecule has 0 saturated carbocycles. The molecule has 0 aliphatic carbocycles. The van der Waals surface area contributed by atoms with E-state index in [1.54, 1.807) is 0 Å². The highest BCUT2D eigenvalue weighted by atomic mass is 79.9. The fraction of sp³-hybridized carbons (Fsp3) is 0.143. The number of hydrogen-bond donors (Lipinski definition) is 0. The fourth-order valence-electron chi connectivity index (χ4n) is 0.809. The maximum atomic E-state index is 12.0. The summed E-state index contributed by atoms with van der Waals surface area (Å²) < 4.78 is 36.3. The molecule has 82 valence electrons. The van der Waals surface area contributed by atoms with E-state index < -0.39 is 22.2 Å². The minimum absolute atomic E-state index is 0.176. The van der Waals surface area contributed by atoms with Crippen molar-refractivity contribution in [2.24, 2.45) is 0 Å². The summed E-state index contributed by atoms with van der Waals surface area (Å²) in [6.45, 7) is 0. The molecule has 0 aromatic heterocycles. The smallest absolute Gasteiger partial charge is 0.258 e. The highest BCUT2D eigenvalue weighted by molar-refractivity contribution is 9.10. The number of nitro groups is 1. The zero-order chi connectivity index (χ0) is 11.6. The van der Waals surface area contributed by atoms with Crippen LogP contribution in [0, 0.1) is 10.1 Å². The van der Waals surface area contributed by atoms with Gasteiger partial charge >= 0.3 is 5.51 Å². The van der Waals surface area contributed by atoms with Gasteiger partial charge in [-0.2, -0.15) is 13.2 Å². The molecule has 0 bridgehead atoms. The number of nitrogens with zero attached hydrogens (tertiary/aromatic N) is 1. The van der Waals surface area contributed by atoms with Crippen molar-refractivity contribution in [1.29, 1.82) is 0 Å². The third kappa shape index (κ3) is 3.71. The van der Waals surface area contributed by atoms with Crippen LogP contribution in [-0.4, -0.2) is 10.4 Å². The van der Waals surface area contributed by atoms with E-state index in [1.807, 2.05) is 0 Å². The van der Waals surface area contributed by atoms with Gasteiger partial charge in [0.2, 0.25) is 0 Å². The number of benzene rings is 1. The van der Waals surface area contributed by atoms with Crippen LogP contribution in [0.4, 0.5) is 18.9 Å². The Balaban J connectivity index is 3.06. The molecule has 3 nitrogen and oxygen atoms in total. The number of hydrogen-bond acceptors (Lipinski definition) is 3. The fourth-order valence-corrected chi connectivity index (χ4v) is 1.89. The molecule has 1 aromatic rings. The predicted octanol–water partition coefficient (Wildman–Crippen LogP) is 3.97. The number of rotatable bonds is 2. The van der Waals surface area contributed by atoms with Crippen LogP contribution in [0.2, 0.25) is 0 Å². The first-order valence-electron chi connectivity index (χ1n) is 3.49. The van der Waals surface area contributed by atoms with Gasteiger partial charge in [0.1, 0.15) is 0 Å². The lowest BCUT2D eigenvalue weighted by Gasteiger charge is -2.06.